The van der Waals surface area contributed by atoms with Gasteiger partial charge in [-0.1, -0.05) is 6.07 Å². The number of benzene rings is 1. The molecule has 0 unspecified atom stereocenters. The summed E-state index contributed by atoms with van der Waals surface area (Å²) in [5, 5.41) is 2.29. The monoisotopic (exact) mass is 407 g/mol. The molecule has 1 N–H and O–H groups in total. The molecule has 2 aromatic rings. The number of rotatable bonds is 5. The molecule has 9 nitrogen and oxygen atoms in total. The fraction of sp³-hybridized carbons (Fsp3) is 0.333. The van der Waals surface area contributed by atoms with Crippen molar-refractivity contribution >= 4 is 27.5 Å². The van der Waals surface area contributed by atoms with Crippen LogP contribution in [0.2, 0.25) is 0 Å². The normalized spacial score (nSPS) is 14.9. The molecular formula is C18H21N3O6S. The van der Waals surface area contributed by atoms with Crippen molar-refractivity contribution in [2.45, 2.75) is 5.09 Å². The Bertz CT molecular complexity index is 977. The third-order valence-corrected chi connectivity index (χ3v) is 5.90. The Labute approximate surface area is 162 Å². The molecule has 1 aliphatic heterocycles. The van der Waals surface area contributed by atoms with Gasteiger partial charge in [-0.3, -0.25) is 9.59 Å². The first-order valence-corrected chi connectivity index (χ1v) is 10.0. The van der Waals surface area contributed by atoms with Gasteiger partial charge in [-0.05, 0) is 30.3 Å². The number of carbonyl (C=O) groups is 2. The van der Waals surface area contributed by atoms with Crippen molar-refractivity contribution in [2.24, 2.45) is 0 Å². The van der Waals surface area contributed by atoms with E-state index in [4.69, 9.17) is 9.15 Å². The zero-order chi connectivity index (χ0) is 20.3. The minimum atomic E-state index is -3.77. The molecule has 0 atom stereocenters. The summed E-state index contributed by atoms with van der Waals surface area (Å²) < 4.78 is 35.5. The van der Waals surface area contributed by atoms with Crippen molar-refractivity contribution in [3.05, 3.63) is 47.7 Å². The van der Waals surface area contributed by atoms with E-state index in [2.05, 4.69) is 5.32 Å². The van der Waals surface area contributed by atoms with Gasteiger partial charge in [0.2, 0.25) is 5.09 Å². The Morgan fingerprint density at radius 3 is 2.50 bits per heavy atom. The van der Waals surface area contributed by atoms with Crippen LogP contribution in [0.15, 0.2) is 45.9 Å². The Morgan fingerprint density at radius 2 is 1.82 bits per heavy atom. The molecule has 1 aromatic heterocycles. The van der Waals surface area contributed by atoms with Gasteiger partial charge in [0.1, 0.15) is 0 Å². The highest BCUT2D eigenvalue weighted by Crippen LogP contribution is 2.19. The lowest BCUT2D eigenvalue weighted by Crippen LogP contribution is -2.40. The lowest BCUT2D eigenvalue weighted by Gasteiger charge is -2.27. The van der Waals surface area contributed by atoms with Gasteiger partial charge in [-0.25, -0.2) is 12.7 Å². The Balaban J connectivity index is 1.73. The maximum absolute atomic E-state index is 12.6. The number of nitrogens with one attached hydrogen (secondary N) is 1. The molecular weight excluding hydrogens is 386 g/mol. The van der Waals surface area contributed by atoms with Gasteiger partial charge in [-0.2, -0.15) is 0 Å². The first-order chi connectivity index (χ1) is 13.3. The third-order valence-electron chi connectivity index (χ3n) is 4.21. The predicted molar refractivity (Wildman–Crippen MR) is 101 cm³/mol. The van der Waals surface area contributed by atoms with Gasteiger partial charge in [-0.15, -0.1) is 0 Å². The lowest BCUT2D eigenvalue weighted by atomic mass is 10.1. The van der Waals surface area contributed by atoms with E-state index in [0.29, 0.717) is 37.6 Å². The average molecular weight is 407 g/mol. The fourth-order valence-corrected chi connectivity index (χ4v) is 3.43. The topological polar surface area (TPSA) is 109 Å². The van der Waals surface area contributed by atoms with E-state index < -0.39 is 15.9 Å². The number of carbonyl (C=O) groups excluding carboxylic acids is 2. The summed E-state index contributed by atoms with van der Waals surface area (Å²) >= 11 is 0. The number of hydrogen-bond acceptors (Lipinski definition) is 6. The van der Waals surface area contributed by atoms with Crippen molar-refractivity contribution in [1.29, 1.82) is 0 Å². The van der Waals surface area contributed by atoms with Gasteiger partial charge in [0.25, 0.3) is 21.8 Å². The second-order valence-electron chi connectivity index (χ2n) is 6.35. The number of sulfonamides is 1. The van der Waals surface area contributed by atoms with E-state index in [1.54, 1.807) is 29.2 Å². The average Bonchev–Trinajstić information content (AvgIpc) is 3.19. The predicted octanol–water partition coefficient (Wildman–Crippen LogP) is 1.25. The molecule has 28 heavy (non-hydrogen) atoms. The number of ether oxygens (including phenoxy) is 1. The molecule has 3 rings (SSSR count). The van der Waals surface area contributed by atoms with Crippen LogP contribution in [-0.2, 0) is 14.8 Å². The largest absolute Gasteiger partial charge is 0.438 e. The van der Waals surface area contributed by atoms with Gasteiger partial charge in [0.15, 0.2) is 5.76 Å². The summed E-state index contributed by atoms with van der Waals surface area (Å²) in [6, 6.07) is 9.04. The fourth-order valence-electron chi connectivity index (χ4n) is 2.63. The van der Waals surface area contributed by atoms with E-state index in [1.807, 2.05) is 0 Å². The van der Waals surface area contributed by atoms with E-state index in [-0.39, 0.29) is 16.8 Å². The SMILES string of the molecule is CN(C)S(=O)(=O)c1ccc(C(=O)Nc2cccc(C(=O)N3CCOCC3)c2)o1. The van der Waals surface area contributed by atoms with Crippen LogP contribution >= 0.6 is 0 Å². The summed E-state index contributed by atoms with van der Waals surface area (Å²) in [6.07, 6.45) is 0. The Hall–Kier alpha value is -2.69. The van der Waals surface area contributed by atoms with Crippen molar-refractivity contribution in [2.75, 3.05) is 45.7 Å². The smallest absolute Gasteiger partial charge is 0.291 e. The van der Waals surface area contributed by atoms with Crippen molar-refractivity contribution in [3.8, 4) is 0 Å². The molecule has 1 aliphatic rings. The number of amides is 2. The van der Waals surface area contributed by atoms with Crippen LogP contribution in [0.25, 0.3) is 0 Å². The maximum Gasteiger partial charge on any atom is 0.291 e. The molecule has 1 saturated heterocycles. The van der Waals surface area contributed by atoms with Crippen molar-refractivity contribution in [3.63, 3.8) is 0 Å². The lowest BCUT2D eigenvalue weighted by molar-refractivity contribution is 0.0303. The number of furan rings is 1. The molecule has 0 bridgehead atoms. The van der Waals surface area contributed by atoms with Gasteiger partial charge >= 0.3 is 0 Å². The highest BCUT2D eigenvalue weighted by Gasteiger charge is 2.24. The molecule has 10 heteroatoms. The Morgan fingerprint density at radius 1 is 1.11 bits per heavy atom. The molecule has 1 fully saturated rings. The number of nitrogens with zero attached hydrogens (tertiary/aromatic N) is 2. The quantitative estimate of drug-likeness (QED) is 0.799. The summed E-state index contributed by atoms with van der Waals surface area (Å²) in [5.41, 5.74) is 0.840. The van der Waals surface area contributed by atoms with Crippen LogP contribution in [0.5, 0.6) is 0 Å². The van der Waals surface area contributed by atoms with Crippen LogP contribution in [0.3, 0.4) is 0 Å². The second kappa shape index (κ2) is 8.13. The highest BCUT2D eigenvalue weighted by molar-refractivity contribution is 7.88. The molecule has 0 aliphatic carbocycles. The zero-order valence-corrected chi connectivity index (χ0v) is 16.4. The van der Waals surface area contributed by atoms with E-state index >= 15 is 0 Å². The standard InChI is InChI=1S/C18H21N3O6S/c1-20(2)28(24,25)16-7-6-15(27-16)17(22)19-14-5-3-4-13(12-14)18(23)21-8-10-26-11-9-21/h3-7,12H,8-11H2,1-2H3,(H,19,22). The molecule has 1 aromatic carbocycles. The molecule has 0 saturated carbocycles. The van der Waals surface area contributed by atoms with Crippen LogP contribution in [0, 0.1) is 0 Å². The Kier molecular flexibility index (Phi) is 5.82. The van der Waals surface area contributed by atoms with E-state index in [9.17, 15) is 18.0 Å². The summed E-state index contributed by atoms with van der Waals surface area (Å²) in [7, 11) is -1.03. The highest BCUT2D eigenvalue weighted by atomic mass is 32.2. The second-order valence-corrected chi connectivity index (χ2v) is 8.43. The first-order valence-electron chi connectivity index (χ1n) is 8.60. The maximum atomic E-state index is 12.6. The van der Waals surface area contributed by atoms with Crippen LogP contribution in [0.1, 0.15) is 20.9 Å². The van der Waals surface area contributed by atoms with E-state index in [1.165, 1.54) is 26.2 Å². The third kappa shape index (κ3) is 4.24. The number of morpholine rings is 1. The zero-order valence-electron chi connectivity index (χ0n) is 15.5. The summed E-state index contributed by atoms with van der Waals surface area (Å²) in [5.74, 6) is -0.904. The number of anilines is 1. The van der Waals surface area contributed by atoms with Crippen LogP contribution < -0.4 is 5.32 Å². The summed E-state index contributed by atoms with van der Waals surface area (Å²) in [4.78, 5) is 26.6. The first kappa shape index (κ1) is 20.1. The van der Waals surface area contributed by atoms with Crippen LogP contribution in [0.4, 0.5) is 5.69 Å². The summed E-state index contributed by atoms with van der Waals surface area (Å²) in [6.45, 7) is 2.04. The van der Waals surface area contributed by atoms with Gasteiger partial charge < -0.3 is 19.4 Å². The molecule has 0 spiro atoms. The molecule has 2 heterocycles. The minimum Gasteiger partial charge on any atom is -0.438 e. The van der Waals surface area contributed by atoms with Crippen molar-refractivity contribution in [1.82, 2.24) is 9.21 Å². The van der Waals surface area contributed by atoms with Gasteiger partial charge in [0, 0.05) is 38.4 Å². The molecule has 2 amide bonds. The number of hydrogen-bond donors (Lipinski definition) is 1. The van der Waals surface area contributed by atoms with E-state index in [0.717, 1.165) is 4.31 Å². The van der Waals surface area contributed by atoms with Gasteiger partial charge in [0.05, 0.1) is 13.2 Å². The van der Waals surface area contributed by atoms with Crippen molar-refractivity contribution < 1.29 is 27.2 Å². The molecule has 150 valence electrons. The van der Waals surface area contributed by atoms with Crippen LogP contribution in [-0.4, -0.2) is 69.8 Å². The molecule has 0 radical (unpaired) electrons. The minimum absolute atomic E-state index is 0.142.